The second-order valence-electron chi connectivity index (χ2n) is 7.96. The average Bonchev–Trinajstić information content (AvgIpc) is 2.75. The van der Waals surface area contributed by atoms with Crippen LogP contribution in [0.4, 0.5) is 5.69 Å². The molecule has 2 saturated heterocycles. The van der Waals surface area contributed by atoms with Gasteiger partial charge in [0.15, 0.2) is 5.96 Å². The van der Waals surface area contributed by atoms with Gasteiger partial charge in [-0.2, -0.15) is 11.8 Å². The number of hydrogen-bond acceptors (Lipinski definition) is 5. The van der Waals surface area contributed by atoms with Crippen LogP contribution < -0.4 is 15.5 Å². The summed E-state index contributed by atoms with van der Waals surface area (Å²) in [5.41, 5.74) is 2.67. The van der Waals surface area contributed by atoms with Crippen molar-refractivity contribution < 1.29 is 4.74 Å². The summed E-state index contributed by atoms with van der Waals surface area (Å²) in [4.78, 5) is 9.34. The van der Waals surface area contributed by atoms with E-state index in [1.165, 1.54) is 22.8 Å². The minimum absolute atomic E-state index is 0.0653. The largest absolute Gasteiger partial charge is 0.379 e. The normalized spacial score (nSPS) is 19.5. The number of ether oxygens (including phenoxy) is 1. The molecule has 3 rings (SSSR count). The highest BCUT2D eigenvalue weighted by molar-refractivity contribution is 7.99. The standard InChI is InChI=1S/C21H35N5OS/c1-21(2,26-8-12-27-13-9-26)17-24-20(22-3)23-16-18-4-6-19(7-5-18)25-10-14-28-15-11-25/h4-7H,8-17H2,1-3H3,(H2,22,23,24). The zero-order chi connectivity index (χ0) is 19.8. The first-order chi connectivity index (χ1) is 13.6. The molecule has 2 heterocycles. The van der Waals surface area contributed by atoms with Gasteiger partial charge in [0, 0.05) is 69.0 Å². The van der Waals surface area contributed by atoms with Gasteiger partial charge in [0.25, 0.3) is 0 Å². The summed E-state index contributed by atoms with van der Waals surface area (Å²) in [7, 11) is 1.83. The molecule has 7 heteroatoms. The second kappa shape index (κ2) is 10.4. The van der Waals surface area contributed by atoms with E-state index in [0.29, 0.717) is 0 Å². The van der Waals surface area contributed by atoms with E-state index in [4.69, 9.17) is 4.74 Å². The second-order valence-corrected chi connectivity index (χ2v) is 9.18. The van der Waals surface area contributed by atoms with Crippen molar-refractivity contribution >= 4 is 23.4 Å². The van der Waals surface area contributed by atoms with Crippen LogP contribution in [0.2, 0.25) is 0 Å². The van der Waals surface area contributed by atoms with Crippen LogP contribution in [0, 0.1) is 0 Å². The summed E-state index contributed by atoms with van der Waals surface area (Å²) >= 11 is 2.04. The summed E-state index contributed by atoms with van der Waals surface area (Å²) in [6, 6.07) is 8.92. The van der Waals surface area contributed by atoms with Crippen LogP contribution in [0.25, 0.3) is 0 Å². The van der Waals surface area contributed by atoms with Crippen molar-refractivity contribution in [1.29, 1.82) is 0 Å². The highest BCUT2D eigenvalue weighted by Gasteiger charge is 2.28. The Bertz CT molecular complexity index is 622. The van der Waals surface area contributed by atoms with E-state index >= 15 is 0 Å². The van der Waals surface area contributed by atoms with Gasteiger partial charge < -0.3 is 20.3 Å². The van der Waals surface area contributed by atoms with Gasteiger partial charge in [0.1, 0.15) is 0 Å². The first-order valence-electron chi connectivity index (χ1n) is 10.3. The zero-order valence-electron chi connectivity index (χ0n) is 17.5. The SMILES string of the molecule is CN=C(NCc1ccc(N2CCSCC2)cc1)NCC(C)(C)N1CCOCC1. The van der Waals surface area contributed by atoms with Crippen molar-refractivity contribution in [2.75, 3.05) is 69.4 Å². The van der Waals surface area contributed by atoms with Gasteiger partial charge in [-0.1, -0.05) is 12.1 Å². The first-order valence-corrected chi connectivity index (χ1v) is 11.4. The van der Waals surface area contributed by atoms with E-state index in [9.17, 15) is 0 Å². The Morgan fingerprint density at radius 1 is 1.07 bits per heavy atom. The molecule has 0 aromatic heterocycles. The molecule has 2 aliphatic rings. The minimum Gasteiger partial charge on any atom is -0.379 e. The molecular weight excluding hydrogens is 370 g/mol. The Balaban J connectivity index is 1.45. The number of aliphatic imine (C=N–C) groups is 1. The molecule has 0 saturated carbocycles. The lowest BCUT2D eigenvalue weighted by Gasteiger charge is -2.41. The van der Waals surface area contributed by atoms with Crippen molar-refractivity contribution in [3.05, 3.63) is 29.8 Å². The molecule has 0 bridgehead atoms. The quantitative estimate of drug-likeness (QED) is 0.558. The Labute approximate surface area is 174 Å². The van der Waals surface area contributed by atoms with Gasteiger partial charge in [-0.25, -0.2) is 0 Å². The van der Waals surface area contributed by atoms with Crippen LogP contribution >= 0.6 is 11.8 Å². The highest BCUT2D eigenvalue weighted by Crippen LogP contribution is 2.20. The third kappa shape index (κ3) is 6.03. The molecule has 2 aliphatic heterocycles. The van der Waals surface area contributed by atoms with E-state index in [0.717, 1.165) is 58.4 Å². The summed E-state index contributed by atoms with van der Waals surface area (Å²) < 4.78 is 5.47. The lowest BCUT2D eigenvalue weighted by Crippen LogP contribution is -2.56. The number of anilines is 1. The molecule has 0 atom stereocenters. The Morgan fingerprint density at radius 2 is 1.75 bits per heavy atom. The fourth-order valence-corrected chi connectivity index (χ4v) is 4.54. The third-order valence-electron chi connectivity index (χ3n) is 5.55. The van der Waals surface area contributed by atoms with E-state index in [1.54, 1.807) is 0 Å². The van der Waals surface area contributed by atoms with Crippen LogP contribution in [0.15, 0.2) is 29.3 Å². The Hall–Kier alpha value is -1.44. The van der Waals surface area contributed by atoms with E-state index in [1.807, 2.05) is 18.8 Å². The maximum atomic E-state index is 5.47. The van der Waals surface area contributed by atoms with Crippen LogP contribution in [0.1, 0.15) is 19.4 Å². The van der Waals surface area contributed by atoms with Gasteiger partial charge >= 0.3 is 0 Å². The number of morpholine rings is 1. The monoisotopic (exact) mass is 405 g/mol. The smallest absolute Gasteiger partial charge is 0.191 e. The predicted octanol–water partition coefficient (Wildman–Crippen LogP) is 2.02. The van der Waals surface area contributed by atoms with E-state index < -0.39 is 0 Å². The molecule has 0 unspecified atom stereocenters. The van der Waals surface area contributed by atoms with Crippen molar-refractivity contribution in [2.45, 2.75) is 25.9 Å². The number of benzene rings is 1. The molecule has 0 amide bonds. The molecule has 2 fully saturated rings. The molecule has 1 aromatic carbocycles. The molecule has 1 aromatic rings. The number of thioether (sulfide) groups is 1. The zero-order valence-corrected chi connectivity index (χ0v) is 18.4. The van der Waals surface area contributed by atoms with E-state index in [2.05, 4.69) is 63.5 Å². The molecule has 0 aliphatic carbocycles. The number of rotatable bonds is 6. The average molecular weight is 406 g/mol. The minimum atomic E-state index is 0.0653. The fourth-order valence-electron chi connectivity index (χ4n) is 3.63. The lowest BCUT2D eigenvalue weighted by atomic mass is 10.0. The summed E-state index contributed by atoms with van der Waals surface area (Å²) in [6.07, 6.45) is 0. The maximum Gasteiger partial charge on any atom is 0.191 e. The summed E-state index contributed by atoms with van der Waals surface area (Å²) in [5.74, 6) is 3.30. The van der Waals surface area contributed by atoms with Crippen LogP contribution in [-0.2, 0) is 11.3 Å². The van der Waals surface area contributed by atoms with Gasteiger partial charge in [-0.3, -0.25) is 9.89 Å². The predicted molar refractivity (Wildman–Crippen MR) is 121 cm³/mol. The van der Waals surface area contributed by atoms with Crippen LogP contribution in [-0.4, -0.2) is 80.9 Å². The van der Waals surface area contributed by atoms with Gasteiger partial charge in [0.2, 0.25) is 0 Å². The molecular formula is C21H35N5OS. The maximum absolute atomic E-state index is 5.47. The van der Waals surface area contributed by atoms with Gasteiger partial charge in [0.05, 0.1) is 13.2 Å². The molecule has 6 nitrogen and oxygen atoms in total. The Morgan fingerprint density at radius 3 is 2.39 bits per heavy atom. The number of guanidine groups is 1. The summed E-state index contributed by atoms with van der Waals surface area (Å²) in [6.45, 7) is 12.1. The van der Waals surface area contributed by atoms with Crippen LogP contribution in [0.3, 0.4) is 0 Å². The third-order valence-corrected chi connectivity index (χ3v) is 6.49. The van der Waals surface area contributed by atoms with Crippen molar-refractivity contribution in [3.63, 3.8) is 0 Å². The first kappa shape index (κ1) is 21.3. The lowest BCUT2D eigenvalue weighted by molar-refractivity contribution is -0.00834. The van der Waals surface area contributed by atoms with E-state index in [-0.39, 0.29) is 5.54 Å². The van der Waals surface area contributed by atoms with Crippen molar-refractivity contribution in [1.82, 2.24) is 15.5 Å². The van der Waals surface area contributed by atoms with Gasteiger partial charge in [-0.15, -0.1) is 0 Å². The molecule has 0 radical (unpaired) electrons. The highest BCUT2D eigenvalue weighted by atomic mass is 32.2. The van der Waals surface area contributed by atoms with Crippen LogP contribution in [0.5, 0.6) is 0 Å². The molecule has 156 valence electrons. The topological polar surface area (TPSA) is 52.1 Å². The van der Waals surface area contributed by atoms with Crippen molar-refractivity contribution in [2.24, 2.45) is 4.99 Å². The molecule has 0 spiro atoms. The number of nitrogens with zero attached hydrogens (tertiary/aromatic N) is 3. The van der Waals surface area contributed by atoms with Gasteiger partial charge in [-0.05, 0) is 31.5 Å². The van der Waals surface area contributed by atoms with Crippen molar-refractivity contribution in [3.8, 4) is 0 Å². The Kier molecular flexibility index (Phi) is 7.88. The summed E-state index contributed by atoms with van der Waals surface area (Å²) in [5, 5.41) is 6.93. The molecule has 28 heavy (non-hydrogen) atoms. The number of hydrogen-bond donors (Lipinski definition) is 2. The number of nitrogens with one attached hydrogen (secondary N) is 2. The molecule has 2 N–H and O–H groups in total. The fraction of sp³-hybridized carbons (Fsp3) is 0.667.